The Balaban J connectivity index is 0.000000811. The van der Waals surface area contributed by atoms with E-state index in [0.29, 0.717) is 25.7 Å². The highest BCUT2D eigenvalue weighted by molar-refractivity contribution is 5.87. The Labute approximate surface area is 271 Å². The van der Waals surface area contributed by atoms with Gasteiger partial charge in [0, 0.05) is 76.0 Å². The molecular weight excluding hydrogens is 598 g/mol. The van der Waals surface area contributed by atoms with Gasteiger partial charge in [0.15, 0.2) is 0 Å². The number of likely N-dealkylation sites (tertiary alicyclic amines) is 1. The van der Waals surface area contributed by atoms with Gasteiger partial charge in [-0.25, -0.2) is 4.39 Å². The van der Waals surface area contributed by atoms with Crippen LogP contribution in [0.25, 0.3) is 5.57 Å². The van der Waals surface area contributed by atoms with Gasteiger partial charge in [0.2, 0.25) is 11.8 Å². The lowest BCUT2D eigenvalue weighted by Crippen LogP contribution is -2.44. The summed E-state index contributed by atoms with van der Waals surface area (Å²) in [4.78, 5) is 24.7. The lowest BCUT2D eigenvalue weighted by Gasteiger charge is -2.31. The zero-order chi connectivity index (χ0) is 35.1. The molecule has 1 fully saturated rings. The molecule has 0 spiro atoms. The number of hydrogen-bond donors (Lipinski definition) is 3. The number of allylic oxidation sites excluding steroid dienone is 4. The van der Waals surface area contributed by atoms with Gasteiger partial charge in [-0.05, 0) is 45.6 Å². The molecule has 0 radical (unpaired) electrons. The Bertz CT molecular complexity index is 1250. The standard InChI is InChI=1S/C17H27N3O2.C16H19F4N.C2H3N/c1-4-14(2)7-11-19-17(22)6-5-10-18-16-8-12-20(13-9-16)15(3)21;1-4-11(3)15(16(18,19)20)13(10-21-5-2)12-8-6-7-9-14(12)17;1-2-3/h4-6,16,18H,1-2,7-13H2,3H3,(H,19,22);6-10,21H,4-5H2,1-3H3;1H3/b6-5+;13-10-,15-11?;. The van der Waals surface area contributed by atoms with Crippen molar-refractivity contribution in [2.24, 2.45) is 0 Å². The molecule has 0 aliphatic carbocycles. The van der Waals surface area contributed by atoms with Crippen LogP contribution in [-0.2, 0) is 9.59 Å². The van der Waals surface area contributed by atoms with Crippen LogP contribution < -0.4 is 16.0 Å². The van der Waals surface area contributed by atoms with Gasteiger partial charge in [-0.15, -0.1) is 0 Å². The largest absolute Gasteiger partial charge is 0.417 e. The van der Waals surface area contributed by atoms with Crippen molar-refractivity contribution in [2.45, 2.75) is 72.5 Å². The van der Waals surface area contributed by atoms with E-state index in [9.17, 15) is 27.2 Å². The quantitative estimate of drug-likeness (QED) is 0.122. The van der Waals surface area contributed by atoms with Crippen LogP contribution in [0.2, 0.25) is 0 Å². The summed E-state index contributed by atoms with van der Waals surface area (Å²) in [6.45, 7) is 18.6. The van der Waals surface area contributed by atoms with E-state index in [1.807, 2.05) is 11.0 Å². The third kappa shape index (κ3) is 16.8. The molecule has 254 valence electrons. The first kappa shape index (κ1) is 41.8. The van der Waals surface area contributed by atoms with Crippen molar-refractivity contribution in [3.05, 3.63) is 90.0 Å². The Hall–Kier alpha value is -4.17. The van der Waals surface area contributed by atoms with Crippen LogP contribution in [0.5, 0.6) is 0 Å². The fourth-order valence-corrected chi connectivity index (χ4v) is 4.28. The number of amides is 2. The summed E-state index contributed by atoms with van der Waals surface area (Å²) in [6, 6.07) is 7.65. The molecule has 2 rings (SSSR count). The number of carbonyl (C=O) groups excluding carboxylic acids is 2. The van der Waals surface area contributed by atoms with Crippen molar-refractivity contribution in [1.82, 2.24) is 20.9 Å². The van der Waals surface area contributed by atoms with Crippen molar-refractivity contribution in [3.63, 3.8) is 0 Å². The maximum absolute atomic E-state index is 13.9. The smallest absolute Gasteiger partial charge is 0.391 e. The maximum atomic E-state index is 13.9. The first-order chi connectivity index (χ1) is 21.8. The van der Waals surface area contributed by atoms with Gasteiger partial charge in [-0.3, -0.25) is 9.59 Å². The van der Waals surface area contributed by atoms with E-state index in [-0.39, 0.29) is 34.9 Å². The first-order valence-corrected chi connectivity index (χ1v) is 15.3. The first-order valence-electron chi connectivity index (χ1n) is 15.3. The van der Waals surface area contributed by atoms with Gasteiger partial charge in [0.25, 0.3) is 0 Å². The second-order valence-electron chi connectivity index (χ2n) is 10.3. The zero-order valence-electron chi connectivity index (χ0n) is 27.7. The predicted octanol–water partition coefficient (Wildman–Crippen LogP) is 6.99. The molecule has 1 aliphatic rings. The highest BCUT2D eigenvalue weighted by Gasteiger charge is 2.38. The van der Waals surface area contributed by atoms with E-state index < -0.39 is 17.6 Å². The number of nitriles is 1. The SMILES string of the molecule is C=CC(=C)CCNC(=O)/C=C/CNC1CCN(C(C)=O)CC1.CC#N.CCN/C=C(\C(=C(C)CC)C(F)(F)F)c1ccccc1F. The fraction of sp³-hybridized carbons (Fsp3) is 0.457. The number of hydrogen-bond acceptors (Lipinski definition) is 5. The Morgan fingerprint density at radius 2 is 1.76 bits per heavy atom. The molecule has 1 aromatic rings. The predicted molar refractivity (Wildman–Crippen MR) is 178 cm³/mol. The normalized spacial score (nSPS) is 14.1. The molecule has 0 saturated carbocycles. The van der Waals surface area contributed by atoms with Crippen molar-refractivity contribution in [3.8, 4) is 6.07 Å². The van der Waals surface area contributed by atoms with Crippen LogP contribution in [0.4, 0.5) is 17.6 Å². The minimum absolute atomic E-state index is 0.0569. The number of nitrogens with zero attached hydrogens (tertiary/aromatic N) is 2. The molecule has 3 N–H and O–H groups in total. The highest BCUT2D eigenvalue weighted by atomic mass is 19.4. The number of piperidine rings is 1. The summed E-state index contributed by atoms with van der Waals surface area (Å²) < 4.78 is 54.1. The van der Waals surface area contributed by atoms with E-state index in [0.717, 1.165) is 44.0 Å². The van der Waals surface area contributed by atoms with E-state index in [1.54, 1.807) is 39.0 Å². The molecule has 0 aromatic heterocycles. The molecule has 7 nitrogen and oxygen atoms in total. The lowest BCUT2D eigenvalue weighted by atomic mass is 9.93. The average molecular weight is 648 g/mol. The molecule has 0 atom stereocenters. The van der Waals surface area contributed by atoms with Crippen molar-refractivity contribution in [1.29, 1.82) is 5.26 Å². The van der Waals surface area contributed by atoms with Crippen LogP contribution in [0, 0.1) is 17.1 Å². The number of alkyl halides is 3. The minimum atomic E-state index is -4.54. The summed E-state index contributed by atoms with van der Waals surface area (Å²) in [5.74, 6) is -0.619. The Morgan fingerprint density at radius 3 is 2.26 bits per heavy atom. The molecule has 0 unspecified atom stereocenters. The van der Waals surface area contributed by atoms with Gasteiger partial charge in [-0.2, -0.15) is 18.4 Å². The number of carbonyl (C=O) groups is 2. The summed E-state index contributed by atoms with van der Waals surface area (Å²) in [7, 11) is 0. The molecule has 1 aromatic carbocycles. The summed E-state index contributed by atoms with van der Waals surface area (Å²) in [5.41, 5.74) is 0.0918. The van der Waals surface area contributed by atoms with Gasteiger partial charge >= 0.3 is 6.18 Å². The van der Waals surface area contributed by atoms with Gasteiger partial charge < -0.3 is 20.9 Å². The third-order valence-corrected chi connectivity index (χ3v) is 6.89. The molecule has 1 saturated heterocycles. The molecule has 2 amide bonds. The van der Waals surface area contributed by atoms with E-state index in [4.69, 9.17) is 5.26 Å². The summed E-state index contributed by atoms with van der Waals surface area (Å²) in [6.07, 6.45) is 4.66. The topological polar surface area (TPSA) is 97.3 Å². The Morgan fingerprint density at radius 1 is 1.15 bits per heavy atom. The lowest BCUT2D eigenvalue weighted by molar-refractivity contribution is -0.129. The molecule has 0 bridgehead atoms. The van der Waals surface area contributed by atoms with E-state index in [2.05, 4.69) is 29.1 Å². The average Bonchev–Trinajstić information content (AvgIpc) is 3.01. The van der Waals surface area contributed by atoms with E-state index >= 15 is 0 Å². The zero-order valence-corrected chi connectivity index (χ0v) is 27.7. The maximum Gasteiger partial charge on any atom is 0.417 e. The molecule has 1 heterocycles. The van der Waals surface area contributed by atoms with Gasteiger partial charge in [-0.1, -0.05) is 61.6 Å². The van der Waals surface area contributed by atoms with Gasteiger partial charge in [0.05, 0.1) is 11.6 Å². The van der Waals surface area contributed by atoms with Crippen LogP contribution >= 0.6 is 0 Å². The fourth-order valence-electron chi connectivity index (χ4n) is 4.28. The molecular formula is C35H49F4N5O2. The monoisotopic (exact) mass is 647 g/mol. The summed E-state index contributed by atoms with van der Waals surface area (Å²) in [5, 5.41) is 16.2. The van der Waals surface area contributed by atoms with Gasteiger partial charge in [0.1, 0.15) is 5.82 Å². The number of halogens is 4. The van der Waals surface area contributed by atoms with Crippen molar-refractivity contribution >= 4 is 17.4 Å². The highest BCUT2D eigenvalue weighted by Crippen LogP contribution is 2.39. The van der Waals surface area contributed by atoms with Crippen molar-refractivity contribution in [2.75, 3.05) is 32.7 Å². The van der Waals surface area contributed by atoms with Crippen LogP contribution in [0.3, 0.4) is 0 Å². The number of nitrogens with one attached hydrogen (secondary N) is 3. The number of benzene rings is 1. The molecule has 46 heavy (non-hydrogen) atoms. The third-order valence-electron chi connectivity index (χ3n) is 6.89. The molecule has 1 aliphatic heterocycles. The minimum Gasteiger partial charge on any atom is -0.391 e. The van der Waals surface area contributed by atoms with Crippen molar-refractivity contribution < 1.29 is 27.2 Å². The van der Waals surface area contributed by atoms with Crippen LogP contribution in [0.1, 0.15) is 65.9 Å². The van der Waals surface area contributed by atoms with E-state index in [1.165, 1.54) is 38.2 Å². The second kappa shape index (κ2) is 23.2. The Kier molecular flexibility index (Phi) is 21.1. The van der Waals surface area contributed by atoms with Crippen LogP contribution in [-0.4, -0.2) is 61.7 Å². The summed E-state index contributed by atoms with van der Waals surface area (Å²) >= 11 is 0. The second-order valence-corrected chi connectivity index (χ2v) is 10.3. The molecule has 11 heteroatoms. The van der Waals surface area contributed by atoms with Crippen LogP contribution in [0.15, 0.2) is 78.6 Å². The number of rotatable bonds is 13.